The molecule has 1 unspecified atom stereocenters. The molecular formula is C29H27BrN2O6S. The van der Waals surface area contributed by atoms with Gasteiger partial charge in [-0.25, -0.2) is 9.78 Å². The Labute approximate surface area is 237 Å². The Kier molecular flexibility index (Phi) is 7.86. The van der Waals surface area contributed by atoms with E-state index >= 15 is 0 Å². The number of esters is 1. The van der Waals surface area contributed by atoms with Crippen molar-refractivity contribution in [1.29, 1.82) is 0 Å². The normalized spacial score (nSPS) is 14.6. The number of hydrogen-bond donors (Lipinski definition) is 0. The lowest BCUT2D eigenvalue weighted by atomic mass is 9.98. The highest BCUT2D eigenvalue weighted by molar-refractivity contribution is 9.10. The number of halogens is 1. The Morgan fingerprint density at radius 3 is 2.74 bits per heavy atom. The minimum atomic E-state index is -0.827. The molecule has 4 aromatic rings. The predicted octanol–water partition coefficient (Wildman–Crippen LogP) is 6.82. The Hall–Kier alpha value is -3.50. The van der Waals surface area contributed by atoms with Crippen LogP contribution in [0.2, 0.25) is 0 Å². The number of thiazole rings is 1. The van der Waals surface area contributed by atoms with Crippen molar-refractivity contribution >= 4 is 55.2 Å². The third-order valence-corrected chi connectivity index (χ3v) is 8.10. The van der Waals surface area contributed by atoms with Gasteiger partial charge < -0.3 is 13.9 Å². The van der Waals surface area contributed by atoms with Gasteiger partial charge in [-0.1, -0.05) is 59.2 Å². The van der Waals surface area contributed by atoms with E-state index < -0.39 is 17.9 Å². The summed E-state index contributed by atoms with van der Waals surface area (Å²) in [6.07, 6.45) is 3.07. The van der Waals surface area contributed by atoms with Crippen molar-refractivity contribution in [1.82, 2.24) is 4.98 Å². The average molecular weight is 612 g/mol. The van der Waals surface area contributed by atoms with Gasteiger partial charge in [0.1, 0.15) is 16.2 Å². The number of rotatable bonds is 9. The summed E-state index contributed by atoms with van der Waals surface area (Å²) < 4.78 is 17.9. The molecule has 1 atom stereocenters. The minimum absolute atomic E-state index is 0.0420. The molecule has 0 N–H and O–H groups in total. The van der Waals surface area contributed by atoms with Crippen molar-refractivity contribution in [3.63, 3.8) is 0 Å². The number of amides is 1. The van der Waals surface area contributed by atoms with Crippen molar-refractivity contribution in [2.75, 3.05) is 18.1 Å². The number of carbonyl (C=O) groups is 2. The van der Waals surface area contributed by atoms with Gasteiger partial charge in [0.15, 0.2) is 10.6 Å². The lowest BCUT2D eigenvalue weighted by molar-refractivity contribution is 0.0531. The fraction of sp³-hybridized carbons (Fsp3) is 0.310. The van der Waals surface area contributed by atoms with Crippen LogP contribution in [0.3, 0.4) is 0 Å². The number of aryl methyl sites for hydroxylation is 1. The highest BCUT2D eigenvalue weighted by Crippen LogP contribution is 2.44. The van der Waals surface area contributed by atoms with E-state index in [1.165, 1.54) is 4.90 Å². The van der Waals surface area contributed by atoms with E-state index in [0.717, 1.165) is 35.1 Å². The van der Waals surface area contributed by atoms with Crippen molar-refractivity contribution in [3.8, 4) is 5.75 Å². The van der Waals surface area contributed by atoms with Gasteiger partial charge in [0.2, 0.25) is 5.76 Å². The number of ether oxygens (including phenoxy) is 2. The molecule has 0 radical (unpaired) electrons. The van der Waals surface area contributed by atoms with Gasteiger partial charge in [0.05, 0.1) is 35.9 Å². The molecule has 1 amide bonds. The molecule has 5 rings (SSSR count). The van der Waals surface area contributed by atoms with Gasteiger partial charge in [-0.2, -0.15) is 0 Å². The maximum Gasteiger partial charge on any atom is 0.350 e. The number of unbranched alkanes of at least 4 members (excludes halogenated alkanes) is 2. The van der Waals surface area contributed by atoms with Crippen LogP contribution >= 0.6 is 27.3 Å². The second-order valence-electron chi connectivity index (χ2n) is 9.15. The van der Waals surface area contributed by atoms with E-state index in [1.807, 2.05) is 24.3 Å². The Morgan fingerprint density at radius 1 is 1.15 bits per heavy atom. The van der Waals surface area contributed by atoms with Gasteiger partial charge in [-0.05, 0) is 56.2 Å². The van der Waals surface area contributed by atoms with Crippen LogP contribution < -0.4 is 15.1 Å². The first kappa shape index (κ1) is 27.1. The minimum Gasteiger partial charge on any atom is -0.494 e. The molecule has 10 heteroatoms. The second-order valence-corrected chi connectivity index (χ2v) is 11.0. The molecule has 0 spiro atoms. The molecule has 0 saturated heterocycles. The van der Waals surface area contributed by atoms with Crippen LogP contribution in [0.15, 0.2) is 56.1 Å². The highest BCUT2D eigenvalue weighted by Gasteiger charge is 2.45. The van der Waals surface area contributed by atoms with Crippen molar-refractivity contribution in [2.45, 2.75) is 46.1 Å². The summed E-state index contributed by atoms with van der Waals surface area (Å²) in [6, 6.07) is 11.6. The van der Waals surface area contributed by atoms with E-state index in [2.05, 4.69) is 27.8 Å². The first-order chi connectivity index (χ1) is 18.8. The van der Waals surface area contributed by atoms with Crippen LogP contribution in [-0.4, -0.2) is 30.1 Å². The van der Waals surface area contributed by atoms with E-state index in [4.69, 9.17) is 13.9 Å². The predicted molar refractivity (Wildman–Crippen MR) is 153 cm³/mol. The molecule has 0 aliphatic carbocycles. The Balaban J connectivity index is 1.66. The molecular weight excluding hydrogens is 584 g/mol. The van der Waals surface area contributed by atoms with Gasteiger partial charge in [-0.15, -0.1) is 0 Å². The van der Waals surface area contributed by atoms with Crippen LogP contribution in [0.25, 0.3) is 11.0 Å². The Bertz CT molecular complexity index is 1630. The summed E-state index contributed by atoms with van der Waals surface area (Å²) in [7, 11) is 0. The number of nitrogens with zero attached hydrogens (tertiary/aromatic N) is 2. The van der Waals surface area contributed by atoms with E-state index in [1.54, 1.807) is 32.0 Å². The van der Waals surface area contributed by atoms with E-state index in [-0.39, 0.29) is 28.5 Å². The summed E-state index contributed by atoms with van der Waals surface area (Å²) in [5, 5.41) is 0.633. The third kappa shape index (κ3) is 5.10. The number of aromatic nitrogens is 1. The third-order valence-electron chi connectivity index (χ3n) is 6.47. The van der Waals surface area contributed by atoms with Crippen LogP contribution in [0, 0.1) is 6.92 Å². The van der Waals surface area contributed by atoms with Gasteiger partial charge >= 0.3 is 5.97 Å². The zero-order valence-electron chi connectivity index (χ0n) is 21.8. The van der Waals surface area contributed by atoms with Crippen molar-refractivity contribution < 1.29 is 23.5 Å². The maximum absolute atomic E-state index is 13.9. The fourth-order valence-electron chi connectivity index (χ4n) is 4.65. The fourth-order valence-corrected chi connectivity index (χ4v) is 5.99. The van der Waals surface area contributed by atoms with Crippen LogP contribution in [0.4, 0.5) is 5.13 Å². The van der Waals surface area contributed by atoms with Crippen molar-refractivity contribution in [3.05, 3.63) is 84.6 Å². The first-order valence-corrected chi connectivity index (χ1v) is 14.4. The quantitative estimate of drug-likeness (QED) is 0.151. The molecule has 202 valence electrons. The van der Waals surface area contributed by atoms with E-state index in [9.17, 15) is 14.4 Å². The number of fused-ring (bicyclic) bond motifs is 2. The van der Waals surface area contributed by atoms with Gasteiger partial charge in [0, 0.05) is 4.47 Å². The summed E-state index contributed by atoms with van der Waals surface area (Å²) in [6.45, 7) is 6.33. The standard InChI is InChI=1S/C29H27BrN2O6S/c1-4-6-7-13-37-19-10-8-9-17(14-19)23-22-24(33)20-15-18(30)11-12-21(20)38-25(22)27(34)32(23)29-31-16(3)26(39-29)28(35)36-5-2/h8-12,14-15,23H,4-7,13H2,1-3H3. The molecule has 1 aliphatic heterocycles. The Morgan fingerprint density at radius 2 is 1.97 bits per heavy atom. The largest absolute Gasteiger partial charge is 0.494 e. The highest BCUT2D eigenvalue weighted by atomic mass is 79.9. The van der Waals surface area contributed by atoms with Gasteiger partial charge in [-0.3, -0.25) is 14.5 Å². The number of anilines is 1. The van der Waals surface area contributed by atoms with Crippen LogP contribution in [0.5, 0.6) is 5.75 Å². The van der Waals surface area contributed by atoms with Gasteiger partial charge in [0.25, 0.3) is 5.91 Å². The summed E-state index contributed by atoms with van der Waals surface area (Å²) in [4.78, 5) is 46.6. The lowest BCUT2D eigenvalue weighted by Gasteiger charge is -2.23. The molecule has 2 aromatic heterocycles. The van der Waals surface area contributed by atoms with E-state index in [0.29, 0.717) is 39.5 Å². The first-order valence-electron chi connectivity index (χ1n) is 12.8. The summed E-state index contributed by atoms with van der Waals surface area (Å²) in [5.74, 6) is -0.415. The summed E-state index contributed by atoms with van der Waals surface area (Å²) in [5.41, 5.74) is 1.34. The molecule has 39 heavy (non-hydrogen) atoms. The average Bonchev–Trinajstić information content (AvgIpc) is 3.44. The topological polar surface area (TPSA) is 98.9 Å². The molecule has 3 heterocycles. The zero-order valence-corrected chi connectivity index (χ0v) is 24.2. The molecule has 0 fully saturated rings. The molecule has 0 bridgehead atoms. The monoisotopic (exact) mass is 610 g/mol. The molecule has 8 nitrogen and oxygen atoms in total. The zero-order chi connectivity index (χ0) is 27.7. The van der Waals surface area contributed by atoms with Crippen LogP contribution in [0.1, 0.15) is 76.2 Å². The number of benzene rings is 2. The SMILES string of the molecule is CCCCCOc1cccc(C2c3c(oc4ccc(Br)cc4c3=O)C(=O)N2c2nc(C)c(C(=O)OCC)s2)c1. The molecule has 0 saturated carbocycles. The van der Waals surface area contributed by atoms with Crippen molar-refractivity contribution in [2.24, 2.45) is 0 Å². The summed E-state index contributed by atoms with van der Waals surface area (Å²) >= 11 is 4.47. The molecule has 1 aliphatic rings. The smallest absolute Gasteiger partial charge is 0.350 e. The number of hydrogen-bond acceptors (Lipinski definition) is 8. The molecule has 2 aromatic carbocycles. The second kappa shape index (κ2) is 11.3. The number of carbonyl (C=O) groups excluding carboxylic acids is 2. The lowest BCUT2D eigenvalue weighted by Crippen LogP contribution is -2.29. The maximum atomic E-state index is 13.9. The van der Waals surface area contributed by atoms with Crippen LogP contribution in [-0.2, 0) is 4.74 Å².